The summed E-state index contributed by atoms with van der Waals surface area (Å²) in [6.45, 7) is 2.15. The summed E-state index contributed by atoms with van der Waals surface area (Å²) in [6, 6.07) is 9.94. The first-order valence-corrected chi connectivity index (χ1v) is 8.07. The highest BCUT2D eigenvalue weighted by Gasteiger charge is 2.29. The first kappa shape index (κ1) is 13.1. The molecule has 21 heavy (non-hydrogen) atoms. The van der Waals surface area contributed by atoms with E-state index in [0.29, 0.717) is 12.1 Å². The van der Waals surface area contributed by atoms with Gasteiger partial charge in [-0.2, -0.15) is 5.10 Å². The lowest BCUT2D eigenvalue weighted by Crippen LogP contribution is -2.35. The van der Waals surface area contributed by atoms with E-state index in [2.05, 4.69) is 53.3 Å². The third-order valence-electron chi connectivity index (χ3n) is 5.13. The van der Waals surface area contributed by atoms with Crippen LogP contribution in [0.15, 0.2) is 24.3 Å². The van der Waals surface area contributed by atoms with Gasteiger partial charge in [0.1, 0.15) is 0 Å². The van der Waals surface area contributed by atoms with Crippen molar-refractivity contribution in [3.63, 3.8) is 0 Å². The molecule has 4 rings (SSSR count). The van der Waals surface area contributed by atoms with E-state index in [4.69, 9.17) is 0 Å². The molecule has 0 aliphatic heterocycles. The molecule has 0 amide bonds. The lowest BCUT2D eigenvalue weighted by Gasteiger charge is -2.27. The van der Waals surface area contributed by atoms with Crippen molar-refractivity contribution in [2.75, 3.05) is 0 Å². The SMILES string of the molecule is Cc1nn(C)c2c1C(NC1Cc3ccccc3C1)CCC2. The molecule has 1 aromatic carbocycles. The highest BCUT2D eigenvalue weighted by molar-refractivity contribution is 5.35. The molecule has 2 aromatic rings. The summed E-state index contributed by atoms with van der Waals surface area (Å²) < 4.78 is 2.09. The Morgan fingerprint density at radius 3 is 2.62 bits per heavy atom. The number of aryl methyl sites for hydroxylation is 2. The van der Waals surface area contributed by atoms with Gasteiger partial charge in [0.05, 0.1) is 5.69 Å². The first-order chi connectivity index (χ1) is 10.2. The van der Waals surface area contributed by atoms with Gasteiger partial charge in [0, 0.05) is 30.4 Å². The van der Waals surface area contributed by atoms with E-state index in [1.807, 2.05) is 0 Å². The second kappa shape index (κ2) is 4.99. The van der Waals surface area contributed by atoms with Crippen molar-refractivity contribution in [2.45, 2.75) is 51.1 Å². The van der Waals surface area contributed by atoms with Crippen LogP contribution in [0.25, 0.3) is 0 Å². The second-order valence-corrected chi connectivity index (χ2v) is 6.55. The van der Waals surface area contributed by atoms with Gasteiger partial charge in [0.25, 0.3) is 0 Å². The Hall–Kier alpha value is -1.61. The Morgan fingerprint density at radius 2 is 1.90 bits per heavy atom. The van der Waals surface area contributed by atoms with Gasteiger partial charge >= 0.3 is 0 Å². The highest BCUT2D eigenvalue weighted by atomic mass is 15.3. The van der Waals surface area contributed by atoms with Crippen molar-refractivity contribution in [3.8, 4) is 0 Å². The zero-order chi connectivity index (χ0) is 14.4. The van der Waals surface area contributed by atoms with Crippen LogP contribution in [0.5, 0.6) is 0 Å². The number of aromatic nitrogens is 2. The van der Waals surface area contributed by atoms with Gasteiger partial charge in [-0.15, -0.1) is 0 Å². The Bertz CT molecular complexity index is 646. The van der Waals surface area contributed by atoms with Crippen molar-refractivity contribution in [2.24, 2.45) is 7.05 Å². The van der Waals surface area contributed by atoms with E-state index < -0.39 is 0 Å². The molecule has 2 aliphatic carbocycles. The Balaban J connectivity index is 1.55. The number of fused-ring (bicyclic) bond motifs is 2. The molecule has 110 valence electrons. The maximum atomic E-state index is 4.63. The van der Waals surface area contributed by atoms with E-state index in [9.17, 15) is 0 Å². The Morgan fingerprint density at radius 1 is 1.19 bits per heavy atom. The molecule has 0 saturated heterocycles. The predicted octanol–water partition coefficient (Wildman–Crippen LogP) is 2.86. The van der Waals surface area contributed by atoms with Crippen LogP contribution < -0.4 is 5.32 Å². The van der Waals surface area contributed by atoms with E-state index >= 15 is 0 Å². The Labute approximate surface area is 126 Å². The maximum Gasteiger partial charge on any atom is 0.0644 e. The van der Waals surface area contributed by atoms with E-state index in [1.165, 1.54) is 60.2 Å². The molecule has 0 saturated carbocycles. The van der Waals surface area contributed by atoms with Gasteiger partial charge in [0.2, 0.25) is 0 Å². The number of nitrogens with zero attached hydrogens (tertiary/aromatic N) is 2. The Kier molecular flexibility index (Phi) is 3.11. The minimum atomic E-state index is 0.488. The molecular formula is C18H23N3. The zero-order valence-corrected chi connectivity index (χ0v) is 12.9. The summed E-state index contributed by atoms with van der Waals surface area (Å²) in [4.78, 5) is 0. The molecule has 0 fully saturated rings. The summed E-state index contributed by atoms with van der Waals surface area (Å²) in [5.74, 6) is 0. The van der Waals surface area contributed by atoms with Crippen molar-refractivity contribution in [1.29, 1.82) is 0 Å². The molecule has 0 spiro atoms. The average Bonchev–Trinajstić information content (AvgIpc) is 3.00. The van der Waals surface area contributed by atoms with Crippen molar-refractivity contribution in [3.05, 3.63) is 52.3 Å². The summed E-state index contributed by atoms with van der Waals surface area (Å²) in [5, 5.41) is 8.56. The van der Waals surface area contributed by atoms with Crippen LogP contribution in [0.2, 0.25) is 0 Å². The number of benzene rings is 1. The van der Waals surface area contributed by atoms with Crippen LogP contribution in [-0.2, 0) is 26.3 Å². The predicted molar refractivity (Wildman–Crippen MR) is 84.4 cm³/mol. The number of nitrogens with one attached hydrogen (secondary N) is 1. The van der Waals surface area contributed by atoms with Crippen LogP contribution in [0, 0.1) is 6.92 Å². The molecule has 3 heteroatoms. The van der Waals surface area contributed by atoms with E-state index in [0.717, 1.165) is 0 Å². The minimum Gasteiger partial charge on any atom is -0.306 e. The molecule has 0 bridgehead atoms. The molecule has 0 radical (unpaired) electrons. The van der Waals surface area contributed by atoms with Crippen molar-refractivity contribution < 1.29 is 0 Å². The fraction of sp³-hybridized carbons (Fsp3) is 0.500. The van der Waals surface area contributed by atoms with Crippen LogP contribution in [-0.4, -0.2) is 15.8 Å². The molecule has 1 heterocycles. The van der Waals surface area contributed by atoms with Gasteiger partial charge < -0.3 is 5.32 Å². The second-order valence-electron chi connectivity index (χ2n) is 6.55. The van der Waals surface area contributed by atoms with Crippen LogP contribution in [0.4, 0.5) is 0 Å². The van der Waals surface area contributed by atoms with Gasteiger partial charge in [-0.25, -0.2) is 0 Å². The molecule has 1 aromatic heterocycles. The first-order valence-electron chi connectivity index (χ1n) is 8.07. The number of hydrogen-bond acceptors (Lipinski definition) is 2. The monoisotopic (exact) mass is 281 g/mol. The van der Waals surface area contributed by atoms with Crippen molar-refractivity contribution >= 4 is 0 Å². The van der Waals surface area contributed by atoms with Crippen molar-refractivity contribution in [1.82, 2.24) is 15.1 Å². The van der Waals surface area contributed by atoms with Gasteiger partial charge in [0.15, 0.2) is 0 Å². The lowest BCUT2D eigenvalue weighted by atomic mass is 9.90. The minimum absolute atomic E-state index is 0.488. The molecule has 3 nitrogen and oxygen atoms in total. The summed E-state index contributed by atoms with van der Waals surface area (Å²) in [5.41, 5.74) is 7.16. The third kappa shape index (κ3) is 2.20. The summed E-state index contributed by atoms with van der Waals surface area (Å²) in [6.07, 6.45) is 6.02. The standard InChI is InChI=1S/C18H23N3/c1-12-18-16(8-5-9-17(18)21(2)20-12)19-15-10-13-6-3-4-7-14(13)11-15/h3-4,6-7,15-16,19H,5,8-11H2,1-2H3. The molecule has 1 unspecified atom stereocenters. The molecule has 1 atom stereocenters. The third-order valence-corrected chi connectivity index (χ3v) is 5.13. The molecular weight excluding hydrogens is 258 g/mol. The summed E-state index contributed by atoms with van der Waals surface area (Å²) >= 11 is 0. The molecule has 1 N–H and O–H groups in total. The van der Waals surface area contributed by atoms with Crippen LogP contribution in [0.1, 0.15) is 47.0 Å². The fourth-order valence-corrected chi connectivity index (χ4v) is 4.22. The maximum absolute atomic E-state index is 4.63. The highest BCUT2D eigenvalue weighted by Crippen LogP contribution is 2.33. The normalized spacial score (nSPS) is 21.3. The lowest BCUT2D eigenvalue weighted by molar-refractivity contribution is 0.396. The quantitative estimate of drug-likeness (QED) is 0.917. The van der Waals surface area contributed by atoms with Gasteiger partial charge in [-0.3, -0.25) is 4.68 Å². The van der Waals surface area contributed by atoms with Crippen LogP contribution in [0.3, 0.4) is 0 Å². The molecule has 2 aliphatic rings. The average molecular weight is 281 g/mol. The van der Waals surface area contributed by atoms with E-state index in [1.54, 1.807) is 0 Å². The number of rotatable bonds is 2. The van der Waals surface area contributed by atoms with E-state index in [-0.39, 0.29) is 0 Å². The number of hydrogen-bond donors (Lipinski definition) is 1. The van der Waals surface area contributed by atoms with Gasteiger partial charge in [-0.1, -0.05) is 24.3 Å². The fourth-order valence-electron chi connectivity index (χ4n) is 4.22. The smallest absolute Gasteiger partial charge is 0.0644 e. The van der Waals surface area contributed by atoms with Crippen LogP contribution >= 0.6 is 0 Å². The summed E-state index contributed by atoms with van der Waals surface area (Å²) in [7, 11) is 2.08. The zero-order valence-electron chi connectivity index (χ0n) is 12.9. The largest absolute Gasteiger partial charge is 0.306 e. The van der Waals surface area contributed by atoms with Gasteiger partial charge in [-0.05, 0) is 50.2 Å². The topological polar surface area (TPSA) is 29.9 Å².